The van der Waals surface area contributed by atoms with Gasteiger partial charge in [0.25, 0.3) is 0 Å². The van der Waals surface area contributed by atoms with Crippen molar-refractivity contribution in [1.82, 2.24) is 16.0 Å². The first-order chi connectivity index (χ1) is 14.0. The van der Waals surface area contributed by atoms with Crippen molar-refractivity contribution in [1.29, 1.82) is 0 Å². The van der Waals surface area contributed by atoms with Gasteiger partial charge in [-0.2, -0.15) is 0 Å². The summed E-state index contributed by atoms with van der Waals surface area (Å²) in [4.78, 5) is 12.8. The number of carbonyl (C=O) groups excluding carboxylic acids is 1. The number of rotatable bonds is 7. The summed E-state index contributed by atoms with van der Waals surface area (Å²) in [5.74, 6) is 2.70. The topological polar surface area (TPSA) is 62.4 Å². The van der Waals surface area contributed by atoms with Crippen molar-refractivity contribution < 1.29 is 9.53 Å². The molecule has 1 aliphatic heterocycles. The van der Waals surface area contributed by atoms with Gasteiger partial charge in [0.05, 0.1) is 16.1 Å². The monoisotopic (exact) mass is 439 g/mol. The molecule has 5 rings (SSSR count). The molecule has 29 heavy (non-hydrogen) atoms. The van der Waals surface area contributed by atoms with Crippen LogP contribution in [0.5, 0.6) is 5.75 Å². The molecule has 2 bridgehead atoms. The zero-order valence-corrected chi connectivity index (χ0v) is 18.4. The number of halogens is 2. The summed E-state index contributed by atoms with van der Waals surface area (Å²) < 4.78 is 5.78. The number of fused-ring (bicyclic) bond motifs is 2. The third-order valence-electron chi connectivity index (χ3n) is 6.90. The highest BCUT2D eigenvalue weighted by molar-refractivity contribution is 6.42. The molecule has 1 aromatic rings. The highest BCUT2D eigenvalue weighted by Crippen LogP contribution is 2.45. The number of amides is 1. The van der Waals surface area contributed by atoms with Crippen LogP contribution < -0.4 is 20.7 Å². The summed E-state index contributed by atoms with van der Waals surface area (Å²) in [7, 11) is 0. The maximum Gasteiger partial charge on any atom is 0.237 e. The number of ether oxygens (including phenoxy) is 1. The van der Waals surface area contributed by atoms with Crippen LogP contribution in [0.1, 0.15) is 39.0 Å². The Morgan fingerprint density at radius 2 is 1.97 bits per heavy atom. The average molecular weight is 440 g/mol. The second-order valence-corrected chi connectivity index (χ2v) is 9.69. The van der Waals surface area contributed by atoms with E-state index in [0.29, 0.717) is 34.5 Å². The van der Waals surface area contributed by atoms with E-state index in [9.17, 15) is 4.79 Å². The SMILES string of the molecule is CC1CCCNC1C(=O)NC1C[C@H](NCCOc2ccc(Cl)c(Cl)c2)C2CC1C2. The molecule has 3 saturated carbocycles. The maximum absolute atomic E-state index is 12.8. The zero-order chi connectivity index (χ0) is 20.4. The summed E-state index contributed by atoms with van der Waals surface area (Å²) in [6.07, 6.45) is 5.72. The van der Waals surface area contributed by atoms with E-state index in [1.54, 1.807) is 12.1 Å². The number of benzene rings is 1. The van der Waals surface area contributed by atoms with Crippen molar-refractivity contribution in [3.8, 4) is 5.75 Å². The third-order valence-corrected chi connectivity index (χ3v) is 7.64. The lowest BCUT2D eigenvalue weighted by Crippen LogP contribution is -2.62. The number of hydrogen-bond acceptors (Lipinski definition) is 4. The maximum atomic E-state index is 12.8. The van der Waals surface area contributed by atoms with Crippen LogP contribution in [-0.4, -0.2) is 43.7 Å². The third kappa shape index (κ3) is 5.01. The van der Waals surface area contributed by atoms with Crippen LogP contribution >= 0.6 is 23.2 Å². The molecule has 0 aromatic heterocycles. The molecule has 160 valence electrons. The normalized spacial score (nSPS) is 33.6. The first-order valence-electron chi connectivity index (χ1n) is 10.9. The van der Waals surface area contributed by atoms with Crippen LogP contribution in [0, 0.1) is 17.8 Å². The Hall–Kier alpha value is -1.01. The molecule has 4 aliphatic rings. The lowest BCUT2D eigenvalue weighted by Gasteiger charge is -2.52. The van der Waals surface area contributed by atoms with Crippen molar-refractivity contribution in [3.05, 3.63) is 28.2 Å². The van der Waals surface area contributed by atoms with E-state index in [1.165, 1.54) is 12.8 Å². The first-order valence-corrected chi connectivity index (χ1v) is 11.6. The summed E-state index contributed by atoms with van der Waals surface area (Å²) in [5, 5.41) is 11.4. The van der Waals surface area contributed by atoms with Crippen LogP contribution in [0.15, 0.2) is 18.2 Å². The van der Waals surface area contributed by atoms with Gasteiger partial charge in [0, 0.05) is 24.7 Å². The lowest BCUT2D eigenvalue weighted by atomic mass is 9.60. The van der Waals surface area contributed by atoms with Crippen molar-refractivity contribution in [2.45, 2.75) is 57.2 Å². The van der Waals surface area contributed by atoms with Crippen molar-refractivity contribution in [2.75, 3.05) is 19.7 Å². The molecule has 1 saturated heterocycles. The minimum atomic E-state index is -0.0347. The van der Waals surface area contributed by atoms with E-state index in [4.69, 9.17) is 27.9 Å². The van der Waals surface area contributed by atoms with Gasteiger partial charge in [-0.05, 0) is 68.5 Å². The Bertz CT molecular complexity index is 726. The van der Waals surface area contributed by atoms with Gasteiger partial charge in [-0.25, -0.2) is 0 Å². The number of hydrogen-bond donors (Lipinski definition) is 3. The van der Waals surface area contributed by atoms with Crippen LogP contribution in [0.2, 0.25) is 10.0 Å². The number of carbonyl (C=O) groups is 1. The minimum absolute atomic E-state index is 0.0347. The first kappa shape index (κ1) is 21.2. The summed E-state index contributed by atoms with van der Waals surface area (Å²) in [5.41, 5.74) is 0. The van der Waals surface area contributed by atoms with Crippen LogP contribution in [-0.2, 0) is 4.79 Å². The molecule has 3 aliphatic carbocycles. The summed E-state index contributed by atoms with van der Waals surface area (Å²) in [6.45, 7) is 4.47. The highest BCUT2D eigenvalue weighted by Gasteiger charge is 2.46. The van der Waals surface area contributed by atoms with E-state index < -0.39 is 0 Å². The Morgan fingerprint density at radius 1 is 1.17 bits per heavy atom. The smallest absolute Gasteiger partial charge is 0.237 e. The fourth-order valence-corrected chi connectivity index (χ4v) is 5.39. The molecule has 1 heterocycles. The number of piperidine rings is 1. The van der Waals surface area contributed by atoms with E-state index in [1.807, 2.05) is 6.07 Å². The molecule has 0 spiro atoms. The Balaban J connectivity index is 1.22. The molecule has 4 fully saturated rings. The molecular formula is C22H31Cl2N3O2. The fraction of sp³-hybridized carbons (Fsp3) is 0.682. The van der Waals surface area contributed by atoms with Crippen molar-refractivity contribution in [2.24, 2.45) is 17.8 Å². The fourth-order valence-electron chi connectivity index (χ4n) is 5.10. The molecule has 5 nitrogen and oxygen atoms in total. The van der Waals surface area contributed by atoms with Crippen LogP contribution in [0.4, 0.5) is 0 Å². The molecule has 7 heteroatoms. The average Bonchev–Trinajstić information content (AvgIpc) is 2.67. The molecule has 0 radical (unpaired) electrons. The Morgan fingerprint density at radius 3 is 2.72 bits per heavy atom. The molecular weight excluding hydrogens is 409 g/mol. The summed E-state index contributed by atoms with van der Waals surface area (Å²) >= 11 is 12.0. The Labute approximate surface area is 183 Å². The van der Waals surface area contributed by atoms with E-state index in [2.05, 4.69) is 22.9 Å². The predicted octanol–water partition coefficient (Wildman–Crippen LogP) is 3.63. The summed E-state index contributed by atoms with van der Waals surface area (Å²) in [6, 6.07) is 6.02. The lowest BCUT2D eigenvalue weighted by molar-refractivity contribution is -0.127. The van der Waals surface area contributed by atoms with E-state index >= 15 is 0 Å². The second-order valence-electron chi connectivity index (χ2n) is 8.88. The van der Waals surface area contributed by atoms with Gasteiger partial charge < -0.3 is 20.7 Å². The van der Waals surface area contributed by atoms with Crippen LogP contribution in [0.25, 0.3) is 0 Å². The number of nitrogens with one attached hydrogen (secondary N) is 3. The van der Waals surface area contributed by atoms with Gasteiger partial charge in [-0.3, -0.25) is 4.79 Å². The standard InChI is InChI=1S/C22H31Cl2N3O2/c1-13-3-2-6-26-21(13)22(28)27-20-12-19(14-9-15(20)10-14)25-7-8-29-16-4-5-17(23)18(24)11-16/h4-5,11,13-15,19-21,25-26H,2-3,6-10,12H2,1H3,(H,27,28)/t13?,14?,15?,19-,20?,21?/m0/s1. The quantitative estimate of drug-likeness (QED) is 0.567. The van der Waals surface area contributed by atoms with Gasteiger partial charge >= 0.3 is 0 Å². The van der Waals surface area contributed by atoms with Crippen LogP contribution in [0.3, 0.4) is 0 Å². The van der Waals surface area contributed by atoms with Crippen molar-refractivity contribution in [3.63, 3.8) is 0 Å². The largest absolute Gasteiger partial charge is 0.492 e. The molecule has 3 N–H and O–H groups in total. The van der Waals surface area contributed by atoms with E-state index in [0.717, 1.165) is 44.0 Å². The van der Waals surface area contributed by atoms with Gasteiger partial charge in [0.15, 0.2) is 0 Å². The molecule has 3 unspecified atom stereocenters. The van der Waals surface area contributed by atoms with E-state index in [-0.39, 0.29) is 18.0 Å². The Kier molecular flexibility index (Phi) is 6.90. The van der Waals surface area contributed by atoms with Crippen molar-refractivity contribution >= 4 is 29.1 Å². The minimum Gasteiger partial charge on any atom is -0.492 e. The van der Waals surface area contributed by atoms with Gasteiger partial charge in [0.2, 0.25) is 5.91 Å². The molecule has 1 amide bonds. The van der Waals surface area contributed by atoms with Gasteiger partial charge in [0.1, 0.15) is 12.4 Å². The molecule has 4 atom stereocenters. The zero-order valence-electron chi connectivity index (χ0n) is 16.9. The van der Waals surface area contributed by atoms with Gasteiger partial charge in [-0.1, -0.05) is 30.1 Å². The highest BCUT2D eigenvalue weighted by atomic mass is 35.5. The molecule has 1 aromatic carbocycles. The predicted molar refractivity (Wildman–Crippen MR) is 117 cm³/mol. The second kappa shape index (κ2) is 9.42. The van der Waals surface area contributed by atoms with Gasteiger partial charge in [-0.15, -0.1) is 0 Å².